The number of alkyl halides is 3. The molecule has 0 atom stereocenters. The first-order chi connectivity index (χ1) is 8.55. The molecule has 0 saturated carbocycles. The molecule has 0 aromatic heterocycles. The molecule has 1 amide bonds. The molecule has 0 N–H and O–H groups in total. The van der Waals surface area contributed by atoms with Crippen molar-refractivity contribution < 1.29 is 32.3 Å². The molecule has 19 heavy (non-hydrogen) atoms. The number of hydrogen-bond acceptors (Lipinski definition) is 4. The summed E-state index contributed by atoms with van der Waals surface area (Å²) in [7, 11) is 0. The van der Waals surface area contributed by atoms with Gasteiger partial charge in [-0.2, -0.15) is 5.06 Å². The highest BCUT2D eigenvalue weighted by molar-refractivity contribution is 5.66. The fraction of sp³-hybridized carbons (Fsp3) is 0.909. The van der Waals surface area contributed by atoms with Crippen LogP contribution in [-0.2, 0) is 14.3 Å². The number of nitrogens with zero attached hydrogens (tertiary/aromatic N) is 1. The van der Waals surface area contributed by atoms with Gasteiger partial charge in [0.15, 0.2) is 0 Å². The third-order valence-corrected chi connectivity index (χ3v) is 1.62. The highest BCUT2D eigenvalue weighted by atomic mass is 19.4. The summed E-state index contributed by atoms with van der Waals surface area (Å²) < 4.78 is 43.8. The highest BCUT2D eigenvalue weighted by Gasteiger charge is 2.29. The van der Waals surface area contributed by atoms with Gasteiger partial charge in [0, 0.05) is 0 Å². The summed E-state index contributed by atoms with van der Waals surface area (Å²) >= 11 is 0. The summed E-state index contributed by atoms with van der Waals surface area (Å²) in [5, 5.41) is 0.894. The maximum atomic E-state index is 11.7. The van der Waals surface area contributed by atoms with E-state index in [2.05, 4.69) is 4.74 Å². The van der Waals surface area contributed by atoms with Gasteiger partial charge in [-0.25, -0.2) is 4.79 Å². The van der Waals surface area contributed by atoms with Crippen molar-refractivity contribution >= 4 is 6.09 Å². The first-order valence-electron chi connectivity index (χ1n) is 5.89. The molecule has 0 spiro atoms. The Bertz CT molecular complexity index is 276. The smallest absolute Gasteiger partial charge is 0.442 e. The number of amides is 1. The van der Waals surface area contributed by atoms with E-state index in [0.29, 0.717) is 6.42 Å². The van der Waals surface area contributed by atoms with Gasteiger partial charge in [-0.1, -0.05) is 6.92 Å². The van der Waals surface area contributed by atoms with E-state index in [1.807, 2.05) is 0 Å². The SMILES string of the molecule is CCCN(OCCOC(F)(F)F)C(=O)OC(C)(C)C. The summed E-state index contributed by atoms with van der Waals surface area (Å²) in [5.74, 6) is 0. The van der Waals surface area contributed by atoms with Crippen molar-refractivity contribution in [3.05, 3.63) is 0 Å². The molecule has 0 aliphatic heterocycles. The third kappa shape index (κ3) is 10.6. The molecule has 0 saturated heterocycles. The number of rotatable bonds is 6. The number of hydroxylamine groups is 2. The van der Waals surface area contributed by atoms with Crippen molar-refractivity contribution in [3.63, 3.8) is 0 Å². The Morgan fingerprint density at radius 2 is 1.74 bits per heavy atom. The molecule has 0 rings (SSSR count). The molecule has 0 bridgehead atoms. The van der Waals surface area contributed by atoms with Crippen LogP contribution in [0.4, 0.5) is 18.0 Å². The van der Waals surface area contributed by atoms with Gasteiger partial charge in [-0.3, -0.25) is 9.57 Å². The maximum Gasteiger partial charge on any atom is 0.522 e. The van der Waals surface area contributed by atoms with E-state index in [9.17, 15) is 18.0 Å². The summed E-state index contributed by atoms with van der Waals surface area (Å²) in [6, 6.07) is 0. The Labute approximate surface area is 110 Å². The lowest BCUT2D eigenvalue weighted by molar-refractivity contribution is -0.330. The van der Waals surface area contributed by atoms with E-state index in [4.69, 9.17) is 9.57 Å². The van der Waals surface area contributed by atoms with Crippen LogP contribution < -0.4 is 0 Å². The predicted molar refractivity (Wildman–Crippen MR) is 61.2 cm³/mol. The van der Waals surface area contributed by atoms with Gasteiger partial charge in [0.2, 0.25) is 0 Å². The predicted octanol–water partition coefficient (Wildman–Crippen LogP) is 3.10. The van der Waals surface area contributed by atoms with E-state index in [-0.39, 0.29) is 6.54 Å². The molecular formula is C11H20F3NO4. The van der Waals surface area contributed by atoms with Crippen molar-refractivity contribution in [2.75, 3.05) is 19.8 Å². The monoisotopic (exact) mass is 287 g/mol. The Morgan fingerprint density at radius 1 is 1.16 bits per heavy atom. The Hall–Kier alpha value is -1.02. The molecule has 0 aromatic rings. The van der Waals surface area contributed by atoms with Gasteiger partial charge < -0.3 is 4.74 Å². The lowest BCUT2D eigenvalue weighted by Crippen LogP contribution is -2.38. The lowest BCUT2D eigenvalue weighted by Gasteiger charge is -2.26. The largest absolute Gasteiger partial charge is 0.522 e. The van der Waals surface area contributed by atoms with Crippen LogP contribution in [0.1, 0.15) is 34.1 Å². The molecule has 0 unspecified atom stereocenters. The quantitative estimate of drug-likeness (QED) is 0.556. The standard InChI is InChI=1S/C11H20F3NO4/c1-5-6-15(9(16)19-10(2,3)4)18-8-7-17-11(12,13)14/h5-8H2,1-4H3. The van der Waals surface area contributed by atoms with Crippen LogP contribution >= 0.6 is 0 Å². The van der Waals surface area contributed by atoms with Gasteiger partial charge in [0.25, 0.3) is 0 Å². The third-order valence-electron chi connectivity index (χ3n) is 1.62. The van der Waals surface area contributed by atoms with E-state index in [0.717, 1.165) is 5.06 Å². The van der Waals surface area contributed by atoms with Crippen molar-refractivity contribution in [2.45, 2.75) is 46.1 Å². The Morgan fingerprint density at radius 3 is 2.16 bits per heavy atom. The second-order valence-corrected chi connectivity index (χ2v) is 4.71. The Balaban J connectivity index is 4.15. The zero-order chi connectivity index (χ0) is 15.1. The van der Waals surface area contributed by atoms with Gasteiger partial charge in [-0.15, -0.1) is 13.2 Å². The first kappa shape index (κ1) is 18.0. The minimum Gasteiger partial charge on any atom is -0.442 e. The number of hydrogen-bond donors (Lipinski definition) is 0. The number of ether oxygens (including phenoxy) is 2. The van der Waals surface area contributed by atoms with E-state index >= 15 is 0 Å². The molecule has 0 aliphatic rings. The van der Waals surface area contributed by atoms with Crippen molar-refractivity contribution in [1.29, 1.82) is 0 Å². The van der Waals surface area contributed by atoms with Crippen LogP contribution in [0.2, 0.25) is 0 Å². The summed E-state index contributed by atoms with van der Waals surface area (Å²) in [4.78, 5) is 16.6. The minimum absolute atomic E-state index is 0.223. The van der Waals surface area contributed by atoms with Gasteiger partial charge in [0.1, 0.15) is 5.60 Å². The summed E-state index contributed by atoms with van der Waals surface area (Å²) in [6.07, 6.45) is -4.86. The maximum absolute atomic E-state index is 11.7. The zero-order valence-electron chi connectivity index (χ0n) is 11.5. The number of halogens is 3. The first-order valence-corrected chi connectivity index (χ1v) is 5.89. The molecule has 0 aromatic carbocycles. The molecule has 0 heterocycles. The Kier molecular flexibility index (Phi) is 7.14. The average Bonchev–Trinajstić information content (AvgIpc) is 2.18. The van der Waals surface area contributed by atoms with Gasteiger partial charge in [0.05, 0.1) is 19.8 Å². The molecule has 8 heteroatoms. The van der Waals surface area contributed by atoms with Gasteiger partial charge >= 0.3 is 12.5 Å². The number of carbonyl (C=O) groups is 1. The molecular weight excluding hydrogens is 267 g/mol. The average molecular weight is 287 g/mol. The van der Waals surface area contributed by atoms with Crippen LogP contribution in [0.3, 0.4) is 0 Å². The van der Waals surface area contributed by atoms with Crippen molar-refractivity contribution in [1.82, 2.24) is 5.06 Å². The van der Waals surface area contributed by atoms with Gasteiger partial charge in [-0.05, 0) is 27.2 Å². The summed E-state index contributed by atoms with van der Waals surface area (Å²) in [6.45, 7) is 5.99. The fourth-order valence-corrected chi connectivity index (χ4v) is 1.03. The molecule has 5 nitrogen and oxygen atoms in total. The molecule has 0 radical (unpaired) electrons. The lowest BCUT2D eigenvalue weighted by atomic mass is 10.2. The van der Waals surface area contributed by atoms with Crippen molar-refractivity contribution in [2.24, 2.45) is 0 Å². The van der Waals surface area contributed by atoms with Crippen LogP contribution in [-0.4, -0.2) is 42.9 Å². The molecule has 0 fully saturated rings. The van der Waals surface area contributed by atoms with Crippen LogP contribution in [0, 0.1) is 0 Å². The van der Waals surface area contributed by atoms with Crippen molar-refractivity contribution in [3.8, 4) is 0 Å². The number of carbonyl (C=O) groups excluding carboxylic acids is 1. The molecule has 0 aliphatic carbocycles. The van der Waals surface area contributed by atoms with Crippen LogP contribution in [0.5, 0.6) is 0 Å². The second-order valence-electron chi connectivity index (χ2n) is 4.71. The van der Waals surface area contributed by atoms with E-state index in [1.165, 1.54) is 0 Å². The molecule has 114 valence electrons. The highest BCUT2D eigenvalue weighted by Crippen LogP contribution is 2.16. The normalized spacial score (nSPS) is 12.4. The minimum atomic E-state index is -4.70. The van der Waals surface area contributed by atoms with E-state index < -0.39 is 31.3 Å². The topological polar surface area (TPSA) is 48.0 Å². The zero-order valence-corrected chi connectivity index (χ0v) is 11.5. The summed E-state index contributed by atoms with van der Waals surface area (Å²) in [5.41, 5.74) is -0.699. The fourth-order valence-electron chi connectivity index (χ4n) is 1.03. The van der Waals surface area contributed by atoms with E-state index in [1.54, 1.807) is 27.7 Å². The second kappa shape index (κ2) is 7.54. The van der Waals surface area contributed by atoms with Crippen LogP contribution in [0.15, 0.2) is 0 Å². The van der Waals surface area contributed by atoms with Crippen LogP contribution in [0.25, 0.3) is 0 Å².